The third-order valence-corrected chi connectivity index (χ3v) is 4.68. The Bertz CT molecular complexity index is 471. The summed E-state index contributed by atoms with van der Waals surface area (Å²) in [7, 11) is 0. The first-order valence-corrected chi connectivity index (χ1v) is 8.33. The minimum atomic E-state index is -0.148. The molecule has 0 spiro atoms. The molecule has 118 valence electrons. The zero-order valence-electron chi connectivity index (χ0n) is 13.7. The molecule has 2 N–H and O–H groups in total. The van der Waals surface area contributed by atoms with Crippen LogP contribution in [0.3, 0.4) is 0 Å². The van der Waals surface area contributed by atoms with E-state index in [2.05, 4.69) is 11.8 Å². The predicted molar refractivity (Wildman–Crippen MR) is 88.2 cm³/mol. The fraction of sp³-hybridized carbons (Fsp3) is 0.667. The molecule has 1 aliphatic heterocycles. The summed E-state index contributed by atoms with van der Waals surface area (Å²) < 4.78 is 13.9. The van der Waals surface area contributed by atoms with E-state index in [1.807, 2.05) is 19.9 Å². The standard InChI is InChI=1S/C18H29FN2/c1-4-6-15-7-5-9-21(10-8-15)18-11-13(2)17(19)12-16(18)14(3)20/h11-12,14-15H,4-10,20H2,1-3H3. The number of aryl methyl sites for hydroxylation is 1. The SMILES string of the molecule is CCCC1CCCN(c2cc(C)c(F)cc2C(C)N)CC1. The van der Waals surface area contributed by atoms with Gasteiger partial charge in [0, 0.05) is 24.8 Å². The Hall–Kier alpha value is -1.09. The molecule has 2 atom stereocenters. The molecule has 0 aromatic heterocycles. The smallest absolute Gasteiger partial charge is 0.126 e. The van der Waals surface area contributed by atoms with Crippen molar-refractivity contribution in [1.82, 2.24) is 0 Å². The molecule has 0 bridgehead atoms. The Labute approximate surface area is 128 Å². The van der Waals surface area contributed by atoms with Crippen molar-refractivity contribution >= 4 is 5.69 Å². The lowest BCUT2D eigenvalue weighted by atomic mass is 9.96. The second-order valence-electron chi connectivity index (χ2n) is 6.52. The van der Waals surface area contributed by atoms with Gasteiger partial charge in [0.1, 0.15) is 5.82 Å². The zero-order chi connectivity index (χ0) is 15.4. The monoisotopic (exact) mass is 292 g/mol. The normalized spacial score (nSPS) is 21.2. The number of anilines is 1. The first-order chi connectivity index (χ1) is 10.0. The van der Waals surface area contributed by atoms with E-state index in [1.165, 1.54) is 32.1 Å². The van der Waals surface area contributed by atoms with Gasteiger partial charge in [0.05, 0.1) is 0 Å². The van der Waals surface area contributed by atoms with Gasteiger partial charge in [0.25, 0.3) is 0 Å². The molecule has 1 aliphatic rings. The summed E-state index contributed by atoms with van der Waals surface area (Å²) in [6.07, 6.45) is 6.38. The quantitative estimate of drug-likeness (QED) is 0.881. The Morgan fingerprint density at radius 1 is 1.33 bits per heavy atom. The summed E-state index contributed by atoms with van der Waals surface area (Å²) in [5, 5.41) is 0. The maximum absolute atomic E-state index is 13.9. The highest BCUT2D eigenvalue weighted by atomic mass is 19.1. The van der Waals surface area contributed by atoms with E-state index < -0.39 is 0 Å². The van der Waals surface area contributed by atoms with E-state index in [0.29, 0.717) is 5.56 Å². The van der Waals surface area contributed by atoms with E-state index >= 15 is 0 Å². The van der Waals surface area contributed by atoms with E-state index in [0.717, 1.165) is 30.3 Å². The fourth-order valence-corrected chi connectivity index (χ4v) is 3.42. The van der Waals surface area contributed by atoms with Crippen molar-refractivity contribution in [3.8, 4) is 0 Å². The van der Waals surface area contributed by atoms with Crippen LogP contribution >= 0.6 is 0 Å². The van der Waals surface area contributed by atoms with Crippen LogP contribution in [-0.4, -0.2) is 13.1 Å². The van der Waals surface area contributed by atoms with Crippen molar-refractivity contribution in [2.75, 3.05) is 18.0 Å². The Morgan fingerprint density at radius 3 is 2.76 bits per heavy atom. The Morgan fingerprint density at radius 2 is 2.10 bits per heavy atom. The lowest BCUT2D eigenvalue weighted by Crippen LogP contribution is -2.27. The van der Waals surface area contributed by atoms with Gasteiger partial charge in [0.2, 0.25) is 0 Å². The van der Waals surface area contributed by atoms with Crippen LogP contribution in [0.15, 0.2) is 12.1 Å². The molecule has 0 radical (unpaired) electrons. The van der Waals surface area contributed by atoms with Gasteiger partial charge in [0.15, 0.2) is 0 Å². The van der Waals surface area contributed by atoms with Crippen LogP contribution in [0.4, 0.5) is 10.1 Å². The van der Waals surface area contributed by atoms with Gasteiger partial charge in [-0.1, -0.05) is 19.8 Å². The third-order valence-electron chi connectivity index (χ3n) is 4.68. The van der Waals surface area contributed by atoms with E-state index in [1.54, 1.807) is 6.07 Å². The maximum Gasteiger partial charge on any atom is 0.126 e. The first-order valence-electron chi connectivity index (χ1n) is 8.33. The topological polar surface area (TPSA) is 29.3 Å². The minimum absolute atomic E-state index is 0.134. The van der Waals surface area contributed by atoms with Crippen molar-refractivity contribution in [2.24, 2.45) is 11.7 Å². The van der Waals surface area contributed by atoms with Crippen molar-refractivity contribution in [2.45, 2.75) is 58.9 Å². The van der Waals surface area contributed by atoms with E-state index in [4.69, 9.17) is 5.73 Å². The number of rotatable bonds is 4. The van der Waals surface area contributed by atoms with Crippen LogP contribution in [0.1, 0.15) is 63.1 Å². The van der Waals surface area contributed by atoms with Crippen LogP contribution in [0, 0.1) is 18.7 Å². The summed E-state index contributed by atoms with van der Waals surface area (Å²) in [5.74, 6) is 0.699. The van der Waals surface area contributed by atoms with E-state index in [-0.39, 0.29) is 11.9 Å². The third kappa shape index (κ3) is 3.97. The minimum Gasteiger partial charge on any atom is -0.371 e. The van der Waals surface area contributed by atoms with Crippen LogP contribution in [0.25, 0.3) is 0 Å². The van der Waals surface area contributed by atoms with Gasteiger partial charge in [-0.15, -0.1) is 0 Å². The molecule has 1 heterocycles. The van der Waals surface area contributed by atoms with Gasteiger partial charge < -0.3 is 10.6 Å². The van der Waals surface area contributed by atoms with Gasteiger partial charge >= 0.3 is 0 Å². The maximum atomic E-state index is 13.9. The summed E-state index contributed by atoms with van der Waals surface area (Å²) >= 11 is 0. The summed E-state index contributed by atoms with van der Waals surface area (Å²) in [4.78, 5) is 2.42. The molecular weight excluding hydrogens is 263 g/mol. The molecule has 2 unspecified atom stereocenters. The average molecular weight is 292 g/mol. The molecule has 3 heteroatoms. The van der Waals surface area contributed by atoms with Crippen molar-refractivity contribution in [1.29, 1.82) is 0 Å². The van der Waals surface area contributed by atoms with Gasteiger partial charge in [-0.05, 0) is 62.3 Å². The highest BCUT2D eigenvalue weighted by Gasteiger charge is 2.20. The van der Waals surface area contributed by atoms with Crippen LogP contribution < -0.4 is 10.6 Å². The van der Waals surface area contributed by atoms with Crippen LogP contribution in [0.2, 0.25) is 0 Å². The molecule has 1 saturated heterocycles. The molecule has 0 aliphatic carbocycles. The van der Waals surface area contributed by atoms with Crippen molar-refractivity contribution in [3.63, 3.8) is 0 Å². The highest BCUT2D eigenvalue weighted by molar-refractivity contribution is 5.57. The largest absolute Gasteiger partial charge is 0.371 e. The predicted octanol–water partition coefficient (Wildman–Crippen LogP) is 4.56. The second-order valence-corrected chi connectivity index (χ2v) is 6.52. The number of hydrogen-bond acceptors (Lipinski definition) is 2. The molecule has 0 amide bonds. The zero-order valence-corrected chi connectivity index (χ0v) is 13.7. The number of hydrogen-bond donors (Lipinski definition) is 1. The van der Waals surface area contributed by atoms with Gasteiger partial charge in [-0.25, -0.2) is 4.39 Å². The lowest BCUT2D eigenvalue weighted by molar-refractivity contribution is 0.435. The molecule has 1 aromatic carbocycles. The van der Waals surface area contributed by atoms with Gasteiger partial charge in [-0.2, -0.15) is 0 Å². The van der Waals surface area contributed by atoms with Crippen LogP contribution in [0.5, 0.6) is 0 Å². The number of nitrogens with two attached hydrogens (primary N) is 1. The van der Waals surface area contributed by atoms with Crippen molar-refractivity contribution in [3.05, 3.63) is 29.1 Å². The summed E-state index contributed by atoms with van der Waals surface area (Å²) in [6, 6.07) is 3.47. The molecule has 2 rings (SSSR count). The average Bonchev–Trinajstić information content (AvgIpc) is 2.67. The number of halogens is 1. The Balaban J connectivity index is 2.22. The lowest BCUT2D eigenvalue weighted by Gasteiger charge is -2.27. The molecule has 1 fully saturated rings. The summed E-state index contributed by atoms with van der Waals surface area (Å²) in [5.41, 5.74) is 8.85. The number of nitrogens with zero attached hydrogens (tertiary/aromatic N) is 1. The molecular formula is C18H29FN2. The fourth-order valence-electron chi connectivity index (χ4n) is 3.42. The molecule has 1 aromatic rings. The summed E-state index contributed by atoms with van der Waals surface area (Å²) in [6.45, 7) is 8.16. The first kappa shape index (κ1) is 16.3. The van der Waals surface area contributed by atoms with E-state index in [9.17, 15) is 4.39 Å². The molecule has 2 nitrogen and oxygen atoms in total. The van der Waals surface area contributed by atoms with Gasteiger partial charge in [-0.3, -0.25) is 0 Å². The highest BCUT2D eigenvalue weighted by Crippen LogP contribution is 2.31. The second kappa shape index (κ2) is 7.26. The van der Waals surface area contributed by atoms with Crippen LogP contribution in [-0.2, 0) is 0 Å². The number of benzene rings is 1. The Kier molecular flexibility index (Phi) is 5.63. The molecule has 0 saturated carbocycles. The van der Waals surface area contributed by atoms with Crippen molar-refractivity contribution < 1.29 is 4.39 Å². The molecule has 21 heavy (non-hydrogen) atoms.